The fourth-order valence-corrected chi connectivity index (χ4v) is 11.5. The van der Waals surface area contributed by atoms with Crippen LogP contribution < -0.4 is 20.8 Å². The van der Waals surface area contributed by atoms with Gasteiger partial charge in [-0.25, -0.2) is 0 Å². The molecule has 72 heavy (non-hydrogen) atoms. The summed E-state index contributed by atoms with van der Waals surface area (Å²) in [6.07, 6.45) is 9.98. The number of esters is 2. The lowest BCUT2D eigenvalue weighted by atomic mass is 9.79. The van der Waals surface area contributed by atoms with Crippen LogP contribution in [0.3, 0.4) is 0 Å². The van der Waals surface area contributed by atoms with Gasteiger partial charge in [0.2, 0.25) is 5.78 Å². The third kappa shape index (κ3) is 11.6. The Morgan fingerprint density at radius 3 is 2.33 bits per heavy atom. The number of carbonyl (C=O) groups is 4. The van der Waals surface area contributed by atoms with E-state index in [2.05, 4.69) is 36.0 Å². The fraction of sp³-hybridized carbons (Fsp3) is 0.643. The lowest BCUT2D eigenvalue weighted by molar-refractivity contribution is -0.164. The summed E-state index contributed by atoms with van der Waals surface area (Å²) >= 11 is 0. The summed E-state index contributed by atoms with van der Waals surface area (Å²) in [4.78, 5) is 70.6. The molecular formula is C56H79N5O11. The molecule has 1 spiro atoms. The van der Waals surface area contributed by atoms with Crippen molar-refractivity contribution in [2.45, 2.75) is 143 Å². The highest BCUT2D eigenvalue weighted by Crippen LogP contribution is 2.50. The number of nitrogens with zero attached hydrogens (tertiary/aromatic N) is 4. The Morgan fingerprint density at radius 2 is 1.65 bits per heavy atom. The fourth-order valence-electron chi connectivity index (χ4n) is 11.5. The number of carbonyl (C=O) groups excluding carboxylic acids is 4. The van der Waals surface area contributed by atoms with Gasteiger partial charge in [-0.1, -0.05) is 71.9 Å². The molecule has 1 unspecified atom stereocenters. The molecule has 394 valence electrons. The number of ether oxygens (including phenoxy) is 4. The second kappa shape index (κ2) is 22.5. The number of anilines is 1. The molecule has 6 aliphatic heterocycles. The second-order valence-electron chi connectivity index (χ2n) is 22.2. The summed E-state index contributed by atoms with van der Waals surface area (Å²) < 4.78 is 24.4. The Labute approximate surface area is 424 Å². The minimum absolute atomic E-state index is 0.000337. The van der Waals surface area contributed by atoms with Crippen LogP contribution in [-0.4, -0.2) is 132 Å². The molecule has 4 N–H and O–H groups in total. The number of allylic oxidation sites excluding steroid dienone is 3. The smallest absolute Gasteiger partial charge is 0.306 e. The van der Waals surface area contributed by atoms with Crippen LogP contribution >= 0.6 is 0 Å². The largest absolute Gasteiger partial charge is 0.507 e. The number of aliphatic hydroxyl groups excluding tert-OH is 1. The maximum absolute atomic E-state index is 15.0. The molecule has 16 heteroatoms. The Bertz CT molecular complexity index is 2620. The molecule has 9 atom stereocenters. The number of nitrogens with one attached hydrogen (secondary N) is 1. The number of aliphatic hydroxyl groups is 1. The molecule has 0 saturated carbocycles. The van der Waals surface area contributed by atoms with Gasteiger partial charge in [0.15, 0.2) is 17.0 Å². The van der Waals surface area contributed by atoms with E-state index in [1.165, 1.54) is 0 Å². The van der Waals surface area contributed by atoms with E-state index in [9.17, 15) is 29.7 Å². The van der Waals surface area contributed by atoms with Gasteiger partial charge in [-0.2, -0.15) is 0 Å². The third-order valence-electron chi connectivity index (χ3n) is 15.7. The predicted molar refractivity (Wildman–Crippen MR) is 275 cm³/mol. The number of Topliss-reactive ketones (excluding diaryl/α,β-unsaturated/α-hetero) is 1. The van der Waals surface area contributed by atoms with Crippen molar-refractivity contribution in [3.05, 3.63) is 57.8 Å². The number of methoxy groups -OCH3 is 1. The zero-order valence-corrected chi connectivity index (χ0v) is 44.4. The van der Waals surface area contributed by atoms with Gasteiger partial charge in [0.05, 0.1) is 48.0 Å². The van der Waals surface area contributed by atoms with Gasteiger partial charge in [0.1, 0.15) is 28.6 Å². The third-order valence-corrected chi connectivity index (χ3v) is 15.7. The van der Waals surface area contributed by atoms with Crippen LogP contribution in [0.4, 0.5) is 5.69 Å². The molecule has 16 nitrogen and oxygen atoms in total. The van der Waals surface area contributed by atoms with Crippen LogP contribution in [0.2, 0.25) is 0 Å². The number of amides is 1. The van der Waals surface area contributed by atoms with Crippen molar-refractivity contribution in [2.24, 2.45) is 45.5 Å². The molecule has 5 bridgehead atoms. The van der Waals surface area contributed by atoms with E-state index in [1.54, 1.807) is 52.2 Å². The minimum Gasteiger partial charge on any atom is -0.507 e. The van der Waals surface area contributed by atoms with Crippen LogP contribution in [0.15, 0.2) is 45.9 Å². The van der Waals surface area contributed by atoms with Gasteiger partial charge in [0.25, 0.3) is 5.91 Å². The number of fused-ring (bicyclic) bond motifs is 13. The molecule has 6 aliphatic rings. The second-order valence-corrected chi connectivity index (χ2v) is 22.2. The maximum Gasteiger partial charge on any atom is 0.306 e. The number of likely N-dealkylation sites (tertiary alicyclic amines) is 2. The molecule has 2 saturated heterocycles. The van der Waals surface area contributed by atoms with Gasteiger partial charge in [-0.05, 0) is 71.4 Å². The lowest BCUT2D eigenvalue weighted by Gasteiger charge is -2.37. The van der Waals surface area contributed by atoms with Crippen LogP contribution in [0.5, 0.6) is 17.2 Å². The van der Waals surface area contributed by atoms with Crippen LogP contribution in [0.25, 0.3) is 10.8 Å². The number of ketones is 1. The number of hydrogen-bond acceptors (Lipinski definition) is 15. The van der Waals surface area contributed by atoms with Gasteiger partial charge in [-0.15, -0.1) is 0 Å². The highest BCUT2D eigenvalue weighted by atomic mass is 16.6. The van der Waals surface area contributed by atoms with Gasteiger partial charge in [0, 0.05) is 86.8 Å². The number of hydrogen-bond donors (Lipinski definition) is 4. The highest BCUT2D eigenvalue weighted by Gasteiger charge is 2.48. The minimum atomic E-state index is -1.48. The van der Waals surface area contributed by atoms with Crippen molar-refractivity contribution < 1.29 is 53.4 Å². The average Bonchev–Trinajstić information content (AvgIpc) is 3.84. The number of piperidine rings is 2. The standard InChI is InChI=1S/C56H79N5O11/c1-31(2)28-61-25-22-56(23-26-61)58-45-42-43-49(65)37(8)52-44(42)53(67)55(9,72-52)21-13-18-39(69-11)35(6)51(71-41(63)20-19-40(62)70-30-38-17-14-24-60(10)29-38)36(7)48(64)34(5)27-32(3)15-12-16-33(4)54(68)57-47(50(43)66)46(45)59-56/h12-13,15-16,18,31-32,34-36,38-39,48,51,64-66H,14,17,19-30H2,1-11H3,(H,57,68)/b15-12+,18-13+,33-16-/t32-,34+,35+,36+,38?,39-,48+,51+,55+/m0/s1. The van der Waals surface area contributed by atoms with Crippen molar-refractivity contribution in [3.63, 3.8) is 0 Å². The molecule has 1 amide bonds. The average molecular weight is 998 g/mol. The summed E-state index contributed by atoms with van der Waals surface area (Å²) in [6.45, 7) is 21.5. The summed E-state index contributed by atoms with van der Waals surface area (Å²) in [7, 11) is 3.59. The first-order valence-electron chi connectivity index (χ1n) is 26.1. The highest BCUT2D eigenvalue weighted by molar-refractivity contribution is 6.20. The molecule has 2 fully saturated rings. The summed E-state index contributed by atoms with van der Waals surface area (Å²) in [5, 5.41) is 39.8. The number of phenols is 2. The molecule has 0 radical (unpaired) electrons. The van der Waals surface area contributed by atoms with Crippen LogP contribution in [0, 0.1) is 42.4 Å². The van der Waals surface area contributed by atoms with Gasteiger partial charge >= 0.3 is 11.9 Å². The molecule has 6 heterocycles. The van der Waals surface area contributed by atoms with Crippen LogP contribution in [-0.2, 0) is 28.6 Å². The monoisotopic (exact) mass is 998 g/mol. The lowest BCUT2D eigenvalue weighted by Crippen LogP contribution is -2.44. The normalized spacial score (nSPS) is 31.0. The van der Waals surface area contributed by atoms with Gasteiger partial charge in [-0.3, -0.25) is 29.2 Å². The van der Waals surface area contributed by atoms with Crippen molar-refractivity contribution in [3.8, 4) is 17.2 Å². The molecule has 0 aliphatic carbocycles. The van der Waals surface area contributed by atoms with E-state index < -0.39 is 70.8 Å². The van der Waals surface area contributed by atoms with Gasteiger partial charge < -0.3 is 49.4 Å². The zero-order valence-electron chi connectivity index (χ0n) is 44.4. The predicted octanol–water partition coefficient (Wildman–Crippen LogP) is 6.88. The quantitative estimate of drug-likeness (QED) is 0.115. The number of aromatic hydroxyl groups is 2. The summed E-state index contributed by atoms with van der Waals surface area (Å²) in [5.41, 5.74) is -1.69. The van der Waals surface area contributed by atoms with Crippen molar-refractivity contribution in [2.75, 3.05) is 58.8 Å². The van der Waals surface area contributed by atoms with Crippen molar-refractivity contribution in [1.29, 1.82) is 0 Å². The van der Waals surface area contributed by atoms with E-state index >= 15 is 4.79 Å². The van der Waals surface area contributed by atoms with E-state index in [0.717, 1.165) is 45.6 Å². The maximum atomic E-state index is 15.0. The Hall–Kier alpha value is -5.16. The molecule has 2 aromatic carbocycles. The SMILES string of the molecule is CO[C@H]1/C=C/C[C@@]2(C)Oc3c(C)c(O)c4c(O)c(c5c(c4c3C2=O)=NC2(CCN(CC(C)C)CC2)N=5)NC(=O)/C(C)=C\C=C\[C@H](C)C[C@@H](C)[C@@H](O)[C@@H](C)[C@H](OC(=O)CCC(=O)OCC2CCCN(C)C2)[C@@H]1C. The molecule has 2 aromatic rings. The first-order valence-corrected chi connectivity index (χ1v) is 26.1. The Morgan fingerprint density at radius 1 is 0.958 bits per heavy atom. The number of phenolic OH excluding ortho intramolecular Hbond substituents is 2. The molecule has 0 aromatic heterocycles. The van der Waals surface area contributed by atoms with Crippen molar-refractivity contribution in [1.82, 2.24) is 9.80 Å². The number of benzene rings is 2. The van der Waals surface area contributed by atoms with E-state index in [1.807, 2.05) is 33.8 Å². The summed E-state index contributed by atoms with van der Waals surface area (Å²) in [5.74, 6) is -3.23. The van der Waals surface area contributed by atoms with E-state index in [-0.39, 0.29) is 81.5 Å². The first kappa shape index (κ1) is 54.6. The molecule has 8 rings (SSSR count). The Kier molecular flexibility index (Phi) is 17.1. The summed E-state index contributed by atoms with van der Waals surface area (Å²) in [6, 6.07) is 0. The van der Waals surface area contributed by atoms with Crippen LogP contribution in [0.1, 0.15) is 123 Å². The zero-order chi connectivity index (χ0) is 52.4. The van der Waals surface area contributed by atoms with Crippen molar-refractivity contribution >= 4 is 40.1 Å². The first-order chi connectivity index (χ1) is 34.1. The number of rotatable bonds is 9. The topological polar surface area (TPSA) is 209 Å². The van der Waals surface area contributed by atoms with E-state index in [0.29, 0.717) is 42.7 Å². The Balaban J connectivity index is 1.25. The molecular weight excluding hydrogens is 919 g/mol. The van der Waals surface area contributed by atoms with E-state index in [4.69, 9.17) is 28.9 Å².